The number of aromatic nitrogens is 2. The molecule has 0 atom stereocenters. The smallest absolute Gasteiger partial charge is 0.323 e. The zero-order valence-corrected chi connectivity index (χ0v) is 10.5. The third kappa shape index (κ3) is 3.76. The van der Waals surface area contributed by atoms with E-state index in [1.807, 2.05) is 0 Å². The number of anilines is 1. The largest absolute Gasteiger partial charge is 0.395 e. The zero-order chi connectivity index (χ0) is 13.7. The normalized spacial score (nSPS) is 16.4. The lowest BCUT2D eigenvalue weighted by Crippen LogP contribution is -2.50. The molecule has 0 spiro atoms. The molecule has 3 N–H and O–H groups in total. The number of urea groups is 1. The quantitative estimate of drug-likeness (QED) is 0.646. The van der Waals surface area contributed by atoms with Crippen molar-refractivity contribution < 1.29 is 9.90 Å². The van der Waals surface area contributed by atoms with Crippen LogP contribution in [0.5, 0.6) is 0 Å². The number of nitrogens with zero attached hydrogens (tertiary/aromatic N) is 3. The van der Waals surface area contributed by atoms with E-state index in [9.17, 15) is 9.59 Å². The molecule has 1 aromatic rings. The van der Waals surface area contributed by atoms with Crippen LogP contribution in [0.15, 0.2) is 16.9 Å². The topological polar surface area (TPSA) is 102 Å². The molecule has 8 nitrogen and oxygen atoms in total. The number of β-amino-alcohol motifs (C(OH)–C–C–N with tert-alkyl or cyclic N) is 1. The Morgan fingerprint density at radius 2 is 2.11 bits per heavy atom. The number of amides is 2. The molecule has 1 aromatic heterocycles. The number of nitrogens with one attached hydrogen (secondary N) is 2. The second-order valence-electron chi connectivity index (χ2n) is 4.29. The summed E-state index contributed by atoms with van der Waals surface area (Å²) in [5, 5.41) is 17.4. The molecule has 0 bridgehead atoms. The van der Waals surface area contributed by atoms with Gasteiger partial charge in [-0.2, -0.15) is 5.10 Å². The molecule has 0 aliphatic carbocycles. The zero-order valence-electron chi connectivity index (χ0n) is 10.5. The molecule has 2 amide bonds. The van der Waals surface area contributed by atoms with Gasteiger partial charge in [0.25, 0.3) is 5.56 Å². The van der Waals surface area contributed by atoms with E-state index in [0.29, 0.717) is 25.5 Å². The molecular weight excluding hydrogens is 250 g/mol. The Morgan fingerprint density at radius 3 is 2.68 bits per heavy atom. The average molecular weight is 267 g/mol. The molecule has 0 aromatic carbocycles. The fourth-order valence-corrected chi connectivity index (χ4v) is 1.92. The second-order valence-corrected chi connectivity index (χ2v) is 4.29. The lowest BCUT2D eigenvalue weighted by Gasteiger charge is -2.34. The van der Waals surface area contributed by atoms with Crippen LogP contribution in [-0.4, -0.2) is 70.5 Å². The number of carbonyl (C=O) groups is 1. The predicted octanol–water partition coefficient (Wildman–Crippen LogP) is -1.09. The van der Waals surface area contributed by atoms with Gasteiger partial charge in [0, 0.05) is 38.8 Å². The lowest BCUT2D eigenvalue weighted by molar-refractivity contribution is 0.127. The summed E-state index contributed by atoms with van der Waals surface area (Å²) in [4.78, 5) is 26.6. The molecule has 8 heteroatoms. The number of aliphatic hydroxyl groups is 1. The van der Waals surface area contributed by atoms with E-state index in [-0.39, 0.29) is 18.2 Å². The minimum Gasteiger partial charge on any atom is -0.395 e. The SMILES string of the molecule is O=C(Nc1ccc(=O)[nH]n1)N1CCN(CCO)CC1. The molecule has 1 aliphatic heterocycles. The minimum absolute atomic E-state index is 0.132. The Labute approximate surface area is 110 Å². The van der Waals surface area contributed by atoms with E-state index >= 15 is 0 Å². The van der Waals surface area contributed by atoms with Crippen molar-refractivity contribution in [3.63, 3.8) is 0 Å². The van der Waals surface area contributed by atoms with Crippen LogP contribution >= 0.6 is 0 Å². The predicted molar refractivity (Wildman–Crippen MR) is 69.0 cm³/mol. The van der Waals surface area contributed by atoms with Gasteiger partial charge in [0.1, 0.15) is 0 Å². The maximum atomic E-state index is 11.9. The number of aromatic amines is 1. The number of H-pyrrole nitrogens is 1. The maximum Gasteiger partial charge on any atom is 0.323 e. The van der Waals surface area contributed by atoms with E-state index in [4.69, 9.17) is 5.11 Å². The molecule has 2 rings (SSSR count). The van der Waals surface area contributed by atoms with Crippen LogP contribution in [0, 0.1) is 0 Å². The number of rotatable bonds is 3. The van der Waals surface area contributed by atoms with Crippen molar-refractivity contribution in [2.24, 2.45) is 0 Å². The van der Waals surface area contributed by atoms with Crippen molar-refractivity contribution >= 4 is 11.8 Å². The Balaban J connectivity index is 1.84. The van der Waals surface area contributed by atoms with E-state index < -0.39 is 0 Å². The van der Waals surface area contributed by atoms with E-state index in [2.05, 4.69) is 20.4 Å². The van der Waals surface area contributed by atoms with Crippen molar-refractivity contribution in [1.82, 2.24) is 20.0 Å². The van der Waals surface area contributed by atoms with Gasteiger partial charge >= 0.3 is 6.03 Å². The first-order valence-electron chi connectivity index (χ1n) is 6.14. The van der Waals surface area contributed by atoms with Gasteiger partial charge in [-0.3, -0.25) is 15.0 Å². The summed E-state index contributed by atoms with van der Waals surface area (Å²) in [5.74, 6) is 0.322. The summed E-state index contributed by atoms with van der Waals surface area (Å²) in [7, 11) is 0. The van der Waals surface area contributed by atoms with E-state index in [1.165, 1.54) is 12.1 Å². The summed E-state index contributed by atoms with van der Waals surface area (Å²) < 4.78 is 0. The van der Waals surface area contributed by atoms with Crippen molar-refractivity contribution in [2.75, 3.05) is 44.6 Å². The number of hydrogen-bond donors (Lipinski definition) is 3. The van der Waals surface area contributed by atoms with Crippen LogP contribution in [0.2, 0.25) is 0 Å². The summed E-state index contributed by atoms with van der Waals surface area (Å²) in [6.07, 6.45) is 0. The highest BCUT2D eigenvalue weighted by Gasteiger charge is 2.20. The second kappa shape index (κ2) is 6.30. The van der Waals surface area contributed by atoms with Gasteiger partial charge in [-0.1, -0.05) is 0 Å². The summed E-state index contributed by atoms with van der Waals surface area (Å²) in [6, 6.07) is 2.53. The molecule has 0 saturated carbocycles. The molecule has 0 unspecified atom stereocenters. The van der Waals surface area contributed by atoms with Gasteiger partial charge in [-0.05, 0) is 6.07 Å². The first kappa shape index (κ1) is 13.5. The van der Waals surface area contributed by atoms with Crippen molar-refractivity contribution in [3.8, 4) is 0 Å². The van der Waals surface area contributed by atoms with Crippen molar-refractivity contribution in [2.45, 2.75) is 0 Å². The maximum absolute atomic E-state index is 11.9. The molecule has 1 saturated heterocycles. The first-order valence-corrected chi connectivity index (χ1v) is 6.14. The molecule has 104 valence electrons. The third-order valence-electron chi connectivity index (χ3n) is 2.99. The highest BCUT2D eigenvalue weighted by Crippen LogP contribution is 2.04. The van der Waals surface area contributed by atoms with E-state index in [0.717, 1.165) is 13.1 Å². The Bertz CT molecular complexity index is 461. The van der Waals surface area contributed by atoms with Crippen molar-refractivity contribution in [1.29, 1.82) is 0 Å². The molecule has 0 radical (unpaired) electrons. The van der Waals surface area contributed by atoms with Gasteiger partial charge in [-0.15, -0.1) is 0 Å². The lowest BCUT2D eigenvalue weighted by atomic mass is 10.3. The number of hydrogen-bond acceptors (Lipinski definition) is 5. The summed E-state index contributed by atoms with van der Waals surface area (Å²) in [5.41, 5.74) is -0.310. The average Bonchev–Trinajstić information content (AvgIpc) is 2.42. The summed E-state index contributed by atoms with van der Waals surface area (Å²) >= 11 is 0. The monoisotopic (exact) mass is 267 g/mol. The van der Waals surface area contributed by atoms with Crippen LogP contribution in [0.3, 0.4) is 0 Å². The van der Waals surface area contributed by atoms with Crippen LogP contribution < -0.4 is 10.9 Å². The van der Waals surface area contributed by atoms with Crippen LogP contribution in [-0.2, 0) is 0 Å². The molecule has 2 heterocycles. The van der Waals surface area contributed by atoms with Gasteiger partial charge in [0.05, 0.1) is 6.61 Å². The number of carbonyl (C=O) groups excluding carboxylic acids is 1. The number of piperazine rings is 1. The van der Waals surface area contributed by atoms with Gasteiger partial charge in [0.15, 0.2) is 5.82 Å². The standard InChI is InChI=1S/C11H17N5O3/c17-8-7-15-3-5-16(6-4-15)11(19)12-9-1-2-10(18)14-13-9/h1-2,17H,3-8H2,(H,14,18)(H,12,13,19). The summed E-state index contributed by atoms with van der Waals surface area (Å²) in [6.45, 7) is 3.47. The Kier molecular flexibility index (Phi) is 4.48. The number of aliphatic hydroxyl groups excluding tert-OH is 1. The van der Waals surface area contributed by atoms with E-state index in [1.54, 1.807) is 4.90 Å². The van der Waals surface area contributed by atoms with Crippen LogP contribution in [0.4, 0.5) is 10.6 Å². The highest BCUT2D eigenvalue weighted by atomic mass is 16.3. The van der Waals surface area contributed by atoms with Gasteiger partial charge in [-0.25, -0.2) is 9.89 Å². The van der Waals surface area contributed by atoms with Gasteiger partial charge in [0.2, 0.25) is 0 Å². The van der Waals surface area contributed by atoms with Crippen LogP contribution in [0.1, 0.15) is 0 Å². The first-order chi connectivity index (χ1) is 9.19. The molecular formula is C11H17N5O3. The Hall–Kier alpha value is -1.93. The molecule has 1 fully saturated rings. The fraction of sp³-hybridized carbons (Fsp3) is 0.545. The van der Waals surface area contributed by atoms with Crippen molar-refractivity contribution in [3.05, 3.63) is 22.5 Å². The van der Waals surface area contributed by atoms with Gasteiger partial charge < -0.3 is 10.0 Å². The molecule has 1 aliphatic rings. The Morgan fingerprint density at radius 1 is 1.37 bits per heavy atom. The third-order valence-corrected chi connectivity index (χ3v) is 2.99. The molecule has 19 heavy (non-hydrogen) atoms. The van der Waals surface area contributed by atoms with Crippen LogP contribution in [0.25, 0.3) is 0 Å². The highest BCUT2D eigenvalue weighted by molar-refractivity contribution is 5.88. The minimum atomic E-state index is -0.310. The fourth-order valence-electron chi connectivity index (χ4n) is 1.92.